The molecule has 2 amide bonds. The molecule has 126 valence electrons. The van der Waals surface area contributed by atoms with E-state index in [0.29, 0.717) is 16.8 Å². The Bertz CT molecular complexity index is 744. The number of aryl methyl sites for hydroxylation is 1. The predicted molar refractivity (Wildman–Crippen MR) is 89.6 cm³/mol. The number of amides is 2. The number of nitrogens with one attached hydrogen (secondary N) is 2. The van der Waals surface area contributed by atoms with Gasteiger partial charge in [0, 0.05) is 17.8 Å². The summed E-state index contributed by atoms with van der Waals surface area (Å²) in [4.78, 5) is 23.3. The molecule has 6 heteroatoms. The van der Waals surface area contributed by atoms with Crippen LogP contribution in [0, 0.1) is 12.7 Å². The van der Waals surface area contributed by atoms with E-state index in [2.05, 4.69) is 10.6 Å². The monoisotopic (exact) mass is 330 g/mol. The number of benzene rings is 2. The van der Waals surface area contributed by atoms with Crippen LogP contribution in [0.15, 0.2) is 42.5 Å². The normalized spacial score (nSPS) is 11.7. The minimum Gasteiger partial charge on any atom is -0.387 e. The van der Waals surface area contributed by atoms with Crippen molar-refractivity contribution in [1.82, 2.24) is 5.32 Å². The first-order valence-corrected chi connectivity index (χ1v) is 7.47. The fraction of sp³-hybridized carbons (Fsp3) is 0.222. The van der Waals surface area contributed by atoms with Crippen LogP contribution in [0.2, 0.25) is 0 Å². The Hall–Kier alpha value is -2.73. The Morgan fingerprint density at radius 1 is 1.17 bits per heavy atom. The van der Waals surface area contributed by atoms with Crippen LogP contribution in [0.1, 0.15) is 34.5 Å². The van der Waals surface area contributed by atoms with Gasteiger partial charge in [-0.2, -0.15) is 0 Å². The second-order valence-corrected chi connectivity index (χ2v) is 5.49. The van der Waals surface area contributed by atoms with Gasteiger partial charge in [0.05, 0.1) is 6.10 Å². The van der Waals surface area contributed by atoms with Gasteiger partial charge in [-0.25, -0.2) is 9.18 Å². The van der Waals surface area contributed by atoms with Gasteiger partial charge in [0.25, 0.3) is 0 Å². The van der Waals surface area contributed by atoms with Crippen molar-refractivity contribution in [2.24, 2.45) is 0 Å². The summed E-state index contributed by atoms with van der Waals surface area (Å²) in [5.41, 5.74) is 2.43. The fourth-order valence-electron chi connectivity index (χ4n) is 2.30. The zero-order valence-electron chi connectivity index (χ0n) is 13.5. The van der Waals surface area contributed by atoms with Crippen molar-refractivity contribution in [3.8, 4) is 0 Å². The molecule has 0 bridgehead atoms. The highest BCUT2D eigenvalue weighted by Crippen LogP contribution is 2.16. The number of rotatable bonds is 5. The molecule has 0 aliphatic carbocycles. The minimum atomic E-state index is -0.932. The van der Waals surface area contributed by atoms with E-state index in [4.69, 9.17) is 0 Å². The van der Waals surface area contributed by atoms with Gasteiger partial charge in [0.15, 0.2) is 5.78 Å². The molecule has 3 N–H and O–H groups in total. The molecule has 2 rings (SSSR count). The first kappa shape index (κ1) is 17.6. The number of carbonyl (C=O) groups is 2. The van der Waals surface area contributed by atoms with Crippen molar-refractivity contribution in [3.05, 3.63) is 65.0 Å². The molecule has 0 aliphatic rings. The molecular formula is C18H19FN2O3. The molecule has 5 nitrogen and oxygen atoms in total. The maximum Gasteiger partial charge on any atom is 0.319 e. The number of urea groups is 1. The van der Waals surface area contributed by atoms with Crippen molar-refractivity contribution in [2.75, 3.05) is 11.9 Å². The number of anilines is 1. The van der Waals surface area contributed by atoms with Crippen LogP contribution >= 0.6 is 0 Å². The highest BCUT2D eigenvalue weighted by molar-refractivity contribution is 5.96. The molecule has 2 aromatic carbocycles. The summed E-state index contributed by atoms with van der Waals surface area (Å²) in [6, 6.07) is 9.93. The summed E-state index contributed by atoms with van der Waals surface area (Å²) in [7, 11) is 0. The predicted octanol–water partition coefficient (Wildman–Crippen LogP) is 3.19. The standard InChI is InChI=1S/C18H19FN2O3/c1-11-9-15(7-8-16(11)12(2)22)21-18(24)20-10-17(23)13-3-5-14(19)6-4-13/h3-9,17,23H,10H2,1-2H3,(H2,20,21,24). The molecule has 2 aromatic rings. The Morgan fingerprint density at radius 2 is 1.83 bits per heavy atom. The Kier molecular flexibility index (Phi) is 5.65. The summed E-state index contributed by atoms with van der Waals surface area (Å²) in [6.45, 7) is 3.26. The number of Topliss-reactive ketones (excluding diaryl/α,β-unsaturated/α-hetero) is 1. The van der Waals surface area contributed by atoms with Crippen molar-refractivity contribution < 1.29 is 19.1 Å². The van der Waals surface area contributed by atoms with Crippen molar-refractivity contribution in [2.45, 2.75) is 20.0 Å². The number of carbonyl (C=O) groups excluding carboxylic acids is 2. The van der Waals surface area contributed by atoms with E-state index in [0.717, 1.165) is 5.56 Å². The third kappa shape index (κ3) is 4.63. The molecule has 0 spiro atoms. The lowest BCUT2D eigenvalue weighted by Gasteiger charge is -2.13. The Labute approximate surface area is 139 Å². The van der Waals surface area contributed by atoms with E-state index in [1.54, 1.807) is 25.1 Å². The van der Waals surface area contributed by atoms with Gasteiger partial charge < -0.3 is 15.7 Å². The lowest BCUT2D eigenvalue weighted by Crippen LogP contribution is -2.32. The first-order chi connectivity index (χ1) is 11.4. The van der Waals surface area contributed by atoms with Gasteiger partial charge in [-0.05, 0) is 55.3 Å². The summed E-state index contributed by atoms with van der Waals surface area (Å²) in [6.07, 6.45) is -0.932. The van der Waals surface area contributed by atoms with E-state index in [1.807, 2.05) is 0 Å². The molecule has 0 radical (unpaired) electrons. The molecule has 0 heterocycles. The van der Waals surface area contributed by atoms with E-state index < -0.39 is 12.1 Å². The SMILES string of the molecule is CC(=O)c1ccc(NC(=O)NCC(O)c2ccc(F)cc2)cc1C. The number of halogens is 1. The smallest absolute Gasteiger partial charge is 0.319 e. The van der Waals surface area contributed by atoms with Crippen LogP contribution in [0.3, 0.4) is 0 Å². The average molecular weight is 330 g/mol. The lowest BCUT2D eigenvalue weighted by molar-refractivity contribution is 0.101. The molecule has 1 atom stereocenters. The second-order valence-electron chi connectivity index (χ2n) is 5.49. The number of ketones is 1. The summed E-state index contributed by atoms with van der Waals surface area (Å²) < 4.78 is 12.8. The van der Waals surface area contributed by atoms with Crippen molar-refractivity contribution in [1.29, 1.82) is 0 Å². The maximum atomic E-state index is 12.8. The van der Waals surface area contributed by atoms with Gasteiger partial charge in [0.2, 0.25) is 0 Å². The van der Waals surface area contributed by atoms with Crippen molar-refractivity contribution in [3.63, 3.8) is 0 Å². The van der Waals surface area contributed by atoms with Gasteiger partial charge in [-0.15, -0.1) is 0 Å². The Morgan fingerprint density at radius 3 is 2.42 bits per heavy atom. The zero-order chi connectivity index (χ0) is 17.7. The molecule has 0 aromatic heterocycles. The third-order valence-corrected chi connectivity index (χ3v) is 3.57. The van der Waals surface area contributed by atoms with E-state index in [9.17, 15) is 19.1 Å². The van der Waals surface area contributed by atoms with E-state index in [1.165, 1.54) is 31.2 Å². The topological polar surface area (TPSA) is 78.4 Å². The molecule has 0 fully saturated rings. The minimum absolute atomic E-state index is 0.0119. The molecular weight excluding hydrogens is 311 g/mol. The van der Waals surface area contributed by atoms with Crippen LogP contribution in [0.5, 0.6) is 0 Å². The highest BCUT2D eigenvalue weighted by Gasteiger charge is 2.10. The fourth-order valence-corrected chi connectivity index (χ4v) is 2.30. The summed E-state index contributed by atoms with van der Waals surface area (Å²) in [5.74, 6) is -0.424. The molecule has 0 saturated carbocycles. The van der Waals surface area contributed by atoms with Crippen LogP contribution in [0.4, 0.5) is 14.9 Å². The Balaban J connectivity index is 1.90. The van der Waals surface area contributed by atoms with Gasteiger partial charge >= 0.3 is 6.03 Å². The molecule has 1 unspecified atom stereocenters. The average Bonchev–Trinajstić information content (AvgIpc) is 2.53. The summed E-state index contributed by atoms with van der Waals surface area (Å²) >= 11 is 0. The zero-order valence-corrected chi connectivity index (χ0v) is 13.5. The van der Waals surface area contributed by atoms with Crippen LogP contribution in [-0.2, 0) is 0 Å². The van der Waals surface area contributed by atoms with Gasteiger partial charge in [-0.3, -0.25) is 4.79 Å². The van der Waals surface area contributed by atoms with E-state index in [-0.39, 0.29) is 18.1 Å². The number of hydrogen-bond acceptors (Lipinski definition) is 3. The number of hydrogen-bond donors (Lipinski definition) is 3. The molecule has 0 aliphatic heterocycles. The van der Waals surface area contributed by atoms with E-state index >= 15 is 0 Å². The van der Waals surface area contributed by atoms with Crippen LogP contribution in [-0.4, -0.2) is 23.5 Å². The second kappa shape index (κ2) is 7.70. The first-order valence-electron chi connectivity index (χ1n) is 7.47. The van der Waals surface area contributed by atoms with Crippen LogP contribution < -0.4 is 10.6 Å². The molecule has 24 heavy (non-hydrogen) atoms. The molecule has 0 saturated heterocycles. The third-order valence-electron chi connectivity index (χ3n) is 3.57. The highest BCUT2D eigenvalue weighted by atomic mass is 19.1. The van der Waals surface area contributed by atoms with Gasteiger partial charge in [0.1, 0.15) is 5.82 Å². The van der Waals surface area contributed by atoms with Crippen molar-refractivity contribution >= 4 is 17.5 Å². The quantitative estimate of drug-likeness (QED) is 0.737. The summed E-state index contributed by atoms with van der Waals surface area (Å²) in [5, 5.41) is 15.1. The van der Waals surface area contributed by atoms with Gasteiger partial charge in [-0.1, -0.05) is 12.1 Å². The lowest BCUT2D eigenvalue weighted by atomic mass is 10.1. The number of aliphatic hydroxyl groups excluding tert-OH is 1. The van der Waals surface area contributed by atoms with Crippen LogP contribution in [0.25, 0.3) is 0 Å². The number of aliphatic hydroxyl groups is 1. The largest absolute Gasteiger partial charge is 0.387 e. The maximum absolute atomic E-state index is 12.8.